The summed E-state index contributed by atoms with van der Waals surface area (Å²) in [6.45, 7) is 3.33. The maximum Gasteiger partial charge on any atom is 0.237 e. The molecule has 6 nitrogen and oxygen atoms in total. The molecule has 154 valence electrons. The van der Waals surface area contributed by atoms with Crippen molar-refractivity contribution in [3.63, 3.8) is 0 Å². The van der Waals surface area contributed by atoms with Crippen molar-refractivity contribution in [2.24, 2.45) is 4.99 Å². The van der Waals surface area contributed by atoms with Crippen LogP contribution >= 0.6 is 11.6 Å². The van der Waals surface area contributed by atoms with Gasteiger partial charge < -0.3 is 9.30 Å². The smallest absolute Gasteiger partial charge is 0.237 e. The van der Waals surface area contributed by atoms with Crippen molar-refractivity contribution in [2.45, 2.75) is 25.9 Å². The van der Waals surface area contributed by atoms with Gasteiger partial charge in [0.05, 0.1) is 35.9 Å². The van der Waals surface area contributed by atoms with Crippen LogP contribution in [0.2, 0.25) is 5.02 Å². The predicted molar refractivity (Wildman–Crippen MR) is 120 cm³/mol. The molecule has 2 aliphatic rings. The van der Waals surface area contributed by atoms with Gasteiger partial charge in [0.1, 0.15) is 18.6 Å². The Hall–Kier alpha value is -3.38. The number of hydrogen-bond donors (Lipinski definition) is 0. The van der Waals surface area contributed by atoms with Crippen LogP contribution in [0.25, 0.3) is 16.9 Å². The Bertz CT molecular complexity index is 1320. The van der Waals surface area contributed by atoms with E-state index in [-0.39, 0.29) is 6.04 Å². The van der Waals surface area contributed by atoms with E-state index in [0.717, 1.165) is 33.9 Å². The molecule has 1 atom stereocenters. The molecule has 0 radical (unpaired) electrons. The lowest BCUT2D eigenvalue weighted by Crippen LogP contribution is -2.08. The minimum atomic E-state index is 0.147. The highest BCUT2D eigenvalue weighted by molar-refractivity contribution is 6.31. The number of ether oxygens (including phenoxy) is 1. The molecule has 2 aliphatic heterocycles. The number of halogens is 1. The Morgan fingerprint density at radius 2 is 2.03 bits per heavy atom. The van der Waals surface area contributed by atoms with Crippen molar-refractivity contribution < 1.29 is 4.74 Å². The lowest BCUT2D eigenvalue weighted by Gasteiger charge is -2.13. The molecule has 0 spiro atoms. The summed E-state index contributed by atoms with van der Waals surface area (Å²) in [6.07, 6.45) is 4.49. The van der Waals surface area contributed by atoms with E-state index in [1.165, 1.54) is 5.56 Å². The second-order valence-corrected chi connectivity index (χ2v) is 8.44. The average Bonchev–Trinajstić information content (AvgIpc) is 3.46. The summed E-state index contributed by atoms with van der Waals surface area (Å²) < 4.78 is 10.0. The fourth-order valence-electron chi connectivity index (χ4n) is 4.36. The van der Waals surface area contributed by atoms with Gasteiger partial charge in [-0.05, 0) is 30.7 Å². The van der Waals surface area contributed by atoms with Crippen LogP contribution in [0.4, 0.5) is 0 Å². The highest BCUT2D eigenvalue weighted by Gasteiger charge is 2.29. The zero-order valence-electron chi connectivity index (χ0n) is 17.0. The van der Waals surface area contributed by atoms with Gasteiger partial charge in [0.25, 0.3) is 0 Å². The first-order chi connectivity index (χ1) is 15.2. The Balaban J connectivity index is 1.54. The number of rotatable bonds is 3. The minimum Gasteiger partial charge on any atom is -0.474 e. The predicted octanol–water partition coefficient (Wildman–Crippen LogP) is 4.51. The third-order valence-corrected chi connectivity index (χ3v) is 6.02. The molecule has 0 N–H and O–H groups in total. The highest BCUT2D eigenvalue weighted by atomic mass is 35.5. The second kappa shape index (κ2) is 7.10. The first-order valence-electron chi connectivity index (χ1n) is 10.3. The van der Waals surface area contributed by atoms with Crippen molar-refractivity contribution in [2.75, 3.05) is 6.61 Å². The van der Waals surface area contributed by atoms with E-state index in [4.69, 9.17) is 21.4 Å². The molecule has 2 aromatic carbocycles. The van der Waals surface area contributed by atoms with Crippen LogP contribution in [0.1, 0.15) is 29.4 Å². The Labute approximate surface area is 184 Å². The van der Waals surface area contributed by atoms with Gasteiger partial charge in [0, 0.05) is 22.6 Å². The third-order valence-electron chi connectivity index (χ3n) is 5.79. The van der Waals surface area contributed by atoms with Gasteiger partial charge in [-0.3, -0.25) is 4.68 Å². The van der Waals surface area contributed by atoms with E-state index in [2.05, 4.69) is 43.5 Å². The molecule has 7 heteroatoms. The normalized spacial score (nSPS) is 16.7. The third kappa shape index (κ3) is 3.06. The van der Waals surface area contributed by atoms with Crippen LogP contribution < -0.4 is 0 Å². The van der Waals surface area contributed by atoms with E-state index in [0.29, 0.717) is 30.5 Å². The summed E-state index contributed by atoms with van der Waals surface area (Å²) in [6, 6.07) is 16.5. The second-order valence-electron chi connectivity index (χ2n) is 8.00. The molecule has 0 amide bonds. The molecule has 0 bridgehead atoms. The molecule has 0 saturated heterocycles. The van der Waals surface area contributed by atoms with Gasteiger partial charge in [-0.1, -0.05) is 41.9 Å². The number of fused-ring (bicyclic) bond motifs is 5. The Morgan fingerprint density at radius 3 is 2.84 bits per heavy atom. The minimum absolute atomic E-state index is 0.147. The van der Waals surface area contributed by atoms with Crippen LogP contribution in [-0.4, -0.2) is 37.9 Å². The van der Waals surface area contributed by atoms with Gasteiger partial charge >= 0.3 is 0 Å². The SMILES string of the molecule is C[C@@H]1COC(c2ncn3c2Cc2cnn(Cc4ccccc4)c2-c2cc(Cl)ccc2-3)=N1. The standard InChI is InChI=1S/C24H20ClN5O/c1-15-13-31-24(28-15)22-21-9-17-11-27-30(12-16-5-3-2-4-6-16)23(17)19-10-18(25)7-8-20(19)29(21)14-26-22/h2-8,10-11,14-15H,9,12-13H2,1H3/t15-/m1/s1. The lowest BCUT2D eigenvalue weighted by atomic mass is 10.0. The number of imidazole rings is 1. The van der Waals surface area contributed by atoms with Crippen LogP contribution in [0.15, 0.2) is 66.0 Å². The topological polar surface area (TPSA) is 57.2 Å². The summed E-state index contributed by atoms with van der Waals surface area (Å²) in [4.78, 5) is 9.31. The van der Waals surface area contributed by atoms with Crippen LogP contribution in [-0.2, 0) is 17.7 Å². The molecule has 2 aromatic heterocycles. The zero-order valence-corrected chi connectivity index (χ0v) is 17.8. The van der Waals surface area contributed by atoms with E-state index in [1.807, 2.05) is 43.7 Å². The highest BCUT2D eigenvalue weighted by Crippen LogP contribution is 2.38. The van der Waals surface area contributed by atoms with Crippen molar-refractivity contribution in [1.29, 1.82) is 0 Å². The largest absolute Gasteiger partial charge is 0.474 e. The molecule has 6 rings (SSSR count). The fraction of sp³-hybridized carbons (Fsp3) is 0.208. The molecule has 31 heavy (non-hydrogen) atoms. The molecular weight excluding hydrogens is 410 g/mol. The molecule has 0 saturated carbocycles. The van der Waals surface area contributed by atoms with Crippen LogP contribution in [0, 0.1) is 0 Å². The summed E-state index contributed by atoms with van der Waals surface area (Å²) in [5.74, 6) is 0.622. The zero-order chi connectivity index (χ0) is 20.9. The Kier molecular flexibility index (Phi) is 4.21. The van der Waals surface area contributed by atoms with Crippen molar-refractivity contribution in [3.8, 4) is 16.9 Å². The van der Waals surface area contributed by atoms with Gasteiger partial charge in [-0.25, -0.2) is 9.98 Å². The Morgan fingerprint density at radius 1 is 1.16 bits per heavy atom. The van der Waals surface area contributed by atoms with Crippen molar-refractivity contribution >= 4 is 17.5 Å². The number of aliphatic imine (C=N–C) groups is 1. The maximum absolute atomic E-state index is 6.43. The van der Waals surface area contributed by atoms with E-state index in [9.17, 15) is 0 Å². The van der Waals surface area contributed by atoms with Gasteiger partial charge in [0.15, 0.2) is 0 Å². The van der Waals surface area contributed by atoms with Crippen molar-refractivity contribution in [3.05, 3.63) is 88.6 Å². The number of aromatic nitrogens is 4. The number of hydrogen-bond acceptors (Lipinski definition) is 4. The summed E-state index contributed by atoms with van der Waals surface area (Å²) >= 11 is 6.43. The molecule has 4 aromatic rings. The molecule has 0 aliphatic carbocycles. The summed E-state index contributed by atoms with van der Waals surface area (Å²) in [5.41, 5.74) is 7.33. The molecule has 0 unspecified atom stereocenters. The van der Waals surface area contributed by atoms with Gasteiger partial charge in [0.2, 0.25) is 5.90 Å². The van der Waals surface area contributed by atoms with Gasteiger partial charge in [-0.15, -0.1) is 0 Å². The van der Waals surface area contributed by atoms with Gasteiger partial charge in [-0.2, -0.15) is 5.10 Å². The maximum atomic E-state index is 6.43. The van der Waals surface area contributed by atoms with E-state index >= 15 is 0 Å². The monoisotopic (exact) mass is 429 g/mol. The fourth-order valence-corrected chi connectivity index (χ4v) is 4.53. The summed E-state index contributed by atoms with van der Waals surface area (Å²) in [7, 11) is 0. The first kappa shape index (κ1) is 18.4. The number of nitrogens with zero attached hydrogens (tertiary/aromatic N) is 5. The molecule has 0 fully saturated rings. The van der Waals surface area contributed by atoms with E-state index < -0.39 is 0 Å². The molecule has 4 heterocycles. The quantitative estimate of drug-likeness (QED) is 0.424. The van der Waals surface area contributed by atoms with E-state index in [1.54, 1.807) is 0 Å². The number of benzene rings is 2. The molecular formula is C24H20ClN5O. The van der Waals surface area contributed by atoms with Crippen molar-refractivity contribution in [1.82, 2.24) is 19.3 Å². The summed E-state index contributed by atoms with van der Waals surface area (Å²) in [5, 5.41) is 5.44. The lowest BCUT2D eigenvalue weighted by molar-refractivity contribution is 0.323. The van der Waals surface area contributed by atoms with Crippen LogP contribution in [0.5, 0.6) is 0 Å². The average molecular weight is 430 g/mol. The van der Waals surface area contributed by atoms with Crippen LogP contribution in [0.3, 0.4) is 0 Å². The first-order valence-corrected chi connectivity index (χ1v) is 10.7.